The van der Waals surface area contributed by atoms with Gasteiger partial charge in [-0.2, -0.15) is 4.68 Å². The van der Waals surface area contributed by atoms with E-state index in [9.17, 15) is 4.79 Å². The summed E-state index contributed by atoms with van der Waals surface area (Å²) in [4.78, 5) is 11.4. The maximum Gasteiger partial charge on any atom is 0.271 e. The maximum atomic E-state index is 11.4. The van der Waals surface area contributed by atoms with Gasteiger partial charge in [-0.3, -0.25) is 4.79 Å². The summed E-state index contributed by atoms with van der Waals surface area (Å²) in [5, 5.41) is 13.4. The van der Waals surface area contributed by atoms with Crippen LogP contribution in [0.15, 0.2) is 41.2 Å². The van der Waals surface area contributed by atoms with Crippen molar-refractivity contribution in [3.8, 4) is 11.6 Å². The second-order valence-corrected chi connectivity index (χ2v) is 3.36. The van der Waals surface area contributed by atoms with Gasteiger partial charge in [0.1, 0.15) is 0 Å². The van der Waals surface area contributed by atoms with Gasteiger partial charge >= 0.3 is 0 Å². The van der Waals surface area contributed by atoms with Gasteiger partial charge in [0.15, 0.2) is 0 Å². The fourth-order valence-electron chi connectivity index (χ4n) is 1.19. The minimum atomic E-state index is -0.324. The van der Waals surface area contributed by atoms with E-state index in [1.54, 1.807) is 24.3 Å². The fourth-order valence-corrected chi connectivity index (χ4v) is 1.38. The number of benzene rings is 1. The third kappa shape index (κ3) is 1.99. The van der Waals surface area contributed by atoms with Crippen molar-refractivity contribution in [1.82, 2.24) is 9.78 Å². The summed E-state index contributed by atoms with van der Waals surface area (Å²) in [6, 6.07) is 9.15. The first-order chi connectivity index (χ1) is 7.16. The Balaban J connectivity index is 2.63. The topological polar surface area (TPSA) is 55.1 Å². The number of rotatable bonds is 1. The third-order valence-corrected chi connectivity index (χ3v) is 2.07. The van der Waals surface area contributed by atoms with Gasteiger partial charge in [0.25, 0.3) is 5.56 Å². The molecular weight excluding hydrogens is 216 g/mol. The van der Waals surface area contributed by atoms with Crippen molar-refractivity contribution in [2.75, 3.05) is 0 Å². The molecule has 5 heteroatoms. The van der Waals surface area contributed by atoms with Crippen LogP contribution in [0.5, 0.6) is 5.88 Å². The Morgan fingerprint density at radius 3 is 2.80 bits per heavy atom. The Kier molecular flexibility index (Phi) is 2.43. The third-order valence-electron chi connectivity index (χ3n) is 1.84. The second kappa shape index (κ2) is 3.74. The largest absolute Gasteiger partial charge is 0.492 e. The summed E-state index contributed by atoms with van der Waals surface area (Å²) in [6.07, 6.45) is 0. The van der Waals surface area contributed by atoms with Crippen molar-refractivity contribution in [3.05, 3.63) is 51.8 Å². The molecule has 15 heavy (non-hydrogen) atoms. The molecule has 1 heterocycles. The Morgan fingerprint density at radius 2 is 2.07 bits per heavy atom. The molecule has 0 spiro atoms. The first-order valence-corrected chi connectivity index (χ1v) is 4.60. The highest BCUT2D eigenvalue weighted by Gasteiger charge is 2.02. The number of aromatic hydroxyl groups is 1. The standard InChI is InChI=1S/C10H7ClN2O2/c11-7-2-1-3-8(6-7)13-10(15)5-4-9(14)12-13/h1-6H,(H,12,14). The maximum absolute atomic E-state index is 11.4. The average molecular weight is 223 g/mol. The molecule has 0 radical (unpaired) electrons. The molecule has 2 rings (SSSR count). The van der Waals surface area contributed by atoms with Gasteiger partial charge in [0, 0.05) is 17.2 Å². The molecule has 0 bridgehead atoms. The number of hydrogen-bond acceptors (Lipinski definition) is 3. The van der Waals surface area contributed by atoms with E-state index in [1.165, 1.54) is 12.1 Å². The molecule has 0 aliphatic rings. The van der Waals surface area contributed by atoms with Gasteiger partial charge in [-0.15, -0.1) is 5.10 Å². The van der Waals surface area contributed by atoms with Crippen LogP contribution in [0.4, 0.5) is 0 Å². The Labute approximate surface area is 90.4 Å². The van der Waals surface area contributed by atoms with Crippen LogP contribution < -0.4 is 5.56 Å². The average Bonchev–Trinajstić information content (AvgIpc) is 2.22. The molecule has 1 N–H and O–H groups in total. The van der Waals surface area contributed by atoms with Crippen molar-refractivity contribution < 1.29 is 5.11 Å². The predicted molar refractivity (Wildman–Crippen MR) is 56.5 cm³/mol. The van der Waals surface area contributed by atoms with Gasteiger partial charge in [0.05, 0.1) is 5.69 Å². The molecule has 0 aliphatic heterocycles. The quantitative estimate of drug-likeness (QED) is 0.797. The number of halogens is 1. The van der Waals surface area contributed by atoms with Crippen LogP contribution in [0.3, 0.4) is 0 Å². The summed E-state index contributed by atoms with van der Waals surface area (Å²) in [7, 11) is 0. The molecular formula is C10H7ClN2O2. The van der Waals surface area contributed by atoms with Gasteiger partial charge in [-0.05, 0) is 18.2 Å². The van der Waals surface area contributed by atoms with Gasteiger partial charge in [-0.25, -0.2) is 0 Å². The summed E-state index contributed by atoms with van der Waals surface area (Å²) in [5.74, 6) is -0.213. The molecule has 76 valence electrons. The minimum absolute atomic E-state index is 0.213. The molecule has 1 aromatic heterocycles. The number of hydrogen-bond donors (Lipinski definition) is 1. The zero-order chi connectivity index (χ0) is 10.8. The lowest BCUT2D eigenvalue weighted by molar-refractivity contribution is 0.436. The lowest BCUT2D eigenvalue weighted by Gasteiger charge is -2.03. The molecule has 0 fully saturated rings. The second-order valence-electron chi connectivity index (χ2n) is 2.92. The molecule has 2 aromatic rings. The highest BCUT2D eigenvalue weighted by molar-refractivity contribution is 6.30. The lowest BCUT2D eigenvalue weighted by Crippen LogP contribution is -2.19. The highest BCUT2D eigenvalue weighted by Crippen LogP contribution is 2.13. The molecule has 4 nitrogen and oxygen atoms in total. The van der Waals surface area contributed by atoms with Crippen molar-refractivity contribution in [2.24, 2.45) is 0 Å². The molecule has 0 saturated heterocycles. The fraction of sp³-hybridized carbons (Fsp3) is 0. The Morgan fingerprint density at radius 1 is 1.27 bits per heavy atom. The van der Waals surface area contributed by atoms with E-state index in [4.69, 9.17) is 16.7 Å². The highest BCUT2D eigenvalue weighted by atomic mass is 35.5. The zero-order valence-corrected chi connectivity index (χ0v) is 8.35. The van der Waals surface area contributed by atoms with Crippen LogP contribution >= 0.6 is 11.6 Å². The smallest absolute Gasteiger partial charge is 0.271 e. The van der Waals surface area contributed by atoms with E-state index in [1.807, 2.05) is 0 Å². The molecule has 0 atom stereocenters. The normalized spacial score (nSPS) is 10.2. The van der Waals surface area contributed by atoms with Crippen LogP contribution in [0.1, 0.15) is 0 Å². The van der Waals surface area contributed by atoms with E-state index in [0.29, 0.717) is 10.7 Å². The SMILES string of the molecule is O=c1ccc(O)nn1-c1cccc(Cl)c1. The summed E-state index contributed by atoms with van der Waals surface area (Å²) in [5.41, 5.74) is 0.193. The minimum Gasteiger partial charge on any atom is -0.492 e. The van der Waals surface area contributed by atoms with Gasteiger partial charge < -0.3 is 5.11 Å². The number of nitrogens with zero attached hydrogens (tertiary/aromatic N) is 2. The van der Waals surface area contributed by atoms with Crippen molar-refractivity contribution in [1.29, 1.82) is 0 Å². The molecule has 0 amide bonds. The molecule has 1 aromatic carbocycles. The van der Waals surface area contributed by atoms with E-state index in [-0.39, 0.29) is 11.4 Å². The van der Waals surface area contributed by atoms with Gasteiger partial charge in [-0.1, -0.05) is 17.7 Å². The first-order valence-electron chi connectivity index (χ1n) is 4.22. The van der Waals surface area contributed by atoms with Crippen molar-refractivity contribution in [3.63, 3.8) is 0 Å². The van der Waals surface area contributed by atoms with E-state index < -0.39 is 0 Å². The Bertz CT molecular complexity index is 551. The monoisotopic (exact) mass is 222 g/mol. The van der Waals surface area contributed by atoms with Crippen LogP contribution in [0.25, 0.3) is 5.69 Å². The summed E-state index contributed by atoms with van der Waals surface area (Å²) < 4.78 is 1.08. The number of aromatic nitrogens is 2. The predicted octanol–water partition coefficient (Wildman–Crippen LogP) is 1.59. The van der Waals surface area contributed by atoms with Crippen LogP contribution in [-0.2, 0) is 0 Å². The van der Waals surface area contributed by atoms with Crippen LogP contribution in [0.2, 0.25) is 5.02 Å². The van der Waals surface area contributed by atoms with Crippen molar-refractivity contribution >= 4 is 11.6 Å². The van der Waals surface area contributed by atoms with Crippen LogP contribution in [-0.4, -0.2) is 14.9 Å². The van der Waals surface area contributed by atoms with Crippen LogP contribution in [0, 0.1) is 0 Å². The molecule has 0 unspecified atom stereocenters. The van der Waals surface area contributed by atoms with Crippen molar-refractivity contribution in [2.45, 2.75) is 0 Å². The zero-order valence-electron chi connectivity index (χ0n) is 7.59. The summed E-state index contributed by atoms with van der Waals surface area (Å²) >= 11 is 5.78. The Hall–Kier alpha value is -1.81. The van der Waals surface area contributed by atoms with E-state index in [2.05, 4.69) is 5.10 Å². The molecule has 0 aliphatic carbocycles. The van der Waals surface area contributed by atoms with E-state index >= 15 is 0 Å². The van der Waals surface area contributed by atoms with E-state index in [0.717, 1.165) is 4.68 Å². The summed E-state index contributed by atoms with van der Waals surface area (Å²) in [6.45, 7) is 0. The first kappa shape index (κ1) is 9.73. The molecule has 0 saturated carbocycles. The van der Waals surface area contributed by atoms with Gasteiger partial charge in [0.2, 0.25) is 5.88 Å². The lowest BCUT2D eigenvalue weighted by atomic mass is 10.3.